The van der Waals surface area contributed by atoms with Crippen LogP contribution < -0.4 is 5.73 Å². The highest BCUT2D eigenvalue weighted by molar-refractivity contribution is 5.91. The fourth-order valence-electron chi connectivity index (χ4n) is 1.66. The van der Waals surface area contributed by atoms with Crippen LogP contribution >= 0.6 is 12.4 Å². The lowest BCUT2D eigenvalue weighted by molar-refractivity contribution is 0.623. The molecule has 0 amide bonds. The number of nitrogens with two attached hydrogens (primary N) is 1. The summed E-state index contributed by atoms with van der Waals surface area (Å²) in [4.78, 5) is 0. The normalized spacial score (nSPS) is 10.5. The Balaban J connectivity index is 0.000000980. The van der Waals surface area contributed by atoms with E-state index in [1.165, 1.54) is 5.52 Å². The van der Waals surface area contributed by atoms with E-state index in [9.17, 15) is 0 Å². The van der Waals surface area contributed by atoms with Crippen LogP contribution in [-0.4, -0.2) is 4.57 Å². The van der Waals surface area contributed by atoms with Gasteiger partial charge >= 0.3 is 0 Å². The molecular formula is C11H15ClN2. The summed E-state index contributed by atoms with van der Waals surface area (Å²) < 4.78 is 2.23. The second kappa shape index (κ2) is 3.93. The molecular weight excluding hydrogens is 196 g/mol. The van der Waals surface area contributed by atoms with Crippen LogP contribution in [-0.2, 0) is 0 Å². The van der Waals surface area contributed by atoms with Crippen molar-refractivity contribution in [2.45, 2.75) is 19.9 Å². The number of benzene rings is 1. The van der Waals surface area contributed by atoms with Gasteiger partial charge in [0.1, 0.15) is 0 Å². The van der Waals surface area contributed by atoms with Crippen molar-refractivity contribution in [1.29, 1.82) is 0 Å². The molecule has 0 saturated heterocycles. The maximum absolute atomic E-state index is 5.86. The van der Waals surface area contributed by atoms with Gasteiger partial charge in [-0.25, -0.2) is 0 Å². The SMILES string of the molecule is CC(C)n1ccc2c(N)cccc21.Cl. The van der Waals surface area contributed by atoms with E-state index in [1.807, 2.05) is 12.1 Å². The van der Waals surface area contributed by atoms with Gasteiger partial charge in [-0.3, -0.25) is 0 Å². The van der Waals surface area contributed by atoms with Gasteiger partial charge in [-0.1, -0.05) is 6.07 Å². The van der Waals surface area contributed by atoms with Gasteiger partial charge in [-0.05, 0) is 32.0 Å². The van der Waals surface area contributed by atoms with E-state index in [0.29, 0.717) is 6.04 Å². The first-order valence-electron chi connectivity index (χ1n) is 4.55. The molecule has 1 aromatic heterocycles. The molecule has 0 unspecified atom stereocenters. The van der Waals surface area contributed by atoms with E-state index in [-0.39, 0.29) is 12.4 Å². The van der Waals surface area contributed by atoms with Gasteiger partial charge in [-0.2, -0.15) is 0 Å². The number of anilines is 1. The van der Waals surface area contributed by atoms with Gasteiger partial charge < -0.3 is 10.3 Å². The predicted octanol–water partition coefficient (Wildman–Crippen LogP) is 3.23. The van der Waals surface area contributed by atoms with Crippen molar-refractivity contribution in [2.24, 2.45) is 0 Å². The van der Waals surface area contributed by atoms with Crippen molar-refractivity contribution < 1.29 is 0 Å². The van der Waals surface area contributed by atoms with E-state index in [2.05, 4.69) is 36.7 Å². The summed E-state index contributed by atoms with van der Waals surface area (Å²) in [6, 6.07) is 8.60. The van der Waals surface area contributed by atoms with Crippen molar-refractivity contribution in [3.63, 3.8) is 0 Å². The Hall–Kier alpha value is -1.15. The molecule has 2 nitrogen and oxygen atoms in total. The minimum Gasteiger partial charge on any atom is -0.398 e. The zero-order valence-electron chi connectivity index (χ0n) is 8.40. The summed E-state index contributed by atoms with van der Waals surface area (Å²) in [6.45, 7) is 4.34. The number of hydrogen-bond acceptors (Lipinski definition) is 1. The van der Waals surface area contributed by atoms with Crippen LogP contribution in [0.1, 0.15) is 19.9 Å². The fourth-order valence-corrected chi connectivity index (χ4v) is 1.66. The molecule has 14 heavy (non-hydrogen) atoms. The summed E-state index contributed by atoms with van der Waals surface area (Å²) in [5.74, 6) is 0. The second-order valence-electron chi connectivity index (χ2n) is 3.60. The number of fused-ring (bicyclic) bond motifs is 1. The monoisotopic (exact) mass is 210 g/mol. The molecule has 0 saturated carbocycles. The third kappa shape index (κ3) is 1.58. The molecule has 0 bridgehead atoms. The van der Waals surface area contributed by atoms with E-state index >= 15 is 0 Å². The lowest BCUT2D eigenvalue weighted by Crippen LogP contribution is -1.97. The summed E-state index contributed by atoms with van der Waals surface area (Å²) in [5.41, 5.74) is 7.93. The molecule has 0 aliphatic heterocycles. The largest absolute Gasteiger partial charge is 0.398 e. The van der Waals surface area contributed by atoms with Crippen molar-refractivity contribution in [3.05, 3.63) is 30.5 Å². The molecule has 0 radical (unpaired) electrons. The molecule has 1 heterocycles. The minimum atomic E-state index is 0. The first-order valence-corrected chi connectivity index (χ1v) is 4.55. The third-order valence-corrected chi connectivity index (χ3v) is 2.35. The van der Waals surface area contributed by atoms with Gasteiger partial charge in [0.2, 0.25) is 0 Å². The van der Waals surface area contributed by atoms with E-state index in [1.54, 1.807) is 0 Å². The van der Waals surface area contributed by atoms with Crippen LogP contribution in [0.15, 0.2) is 30.5 Å². The zero-order valence-corrected chi connectivity index (χ0v) is 9.21. The molecule has 0 aliphatic carbocycles. The molecule has 0 fully saturated rings. The Kier molecular flexibility index (Phi) is 3.06. The molecule has 0 aliphatic rings. The second-order valence-corrected chi connectivity index (χ2v) is 3.60. The van der Waals surface area contributed by atoms with Gasteiger partial charge in [0.05, 0.1) is 5.52 Å². The lowest BCUT2D eigenvalue weighted by atomic mass is 10.2. The number of hydrogen-bond donors (Lipinski definition) is 1. The third-order valence-electron chi connectivity index (χ3n) is 2.35. The number of nitrogen functional groups attached to an aromatic ring is 1. The van der Waals surface area contributed by atoms with Crippen LogP contribution in [0.4, 0.5) is 5.69 Å². The predicted molar refractivity (Wildman–Crippen MR) is 64.0 cm³/mol. The molecule has 2 rings (SSSR count). The molecule has 3 heteroatoms. The standard InChI is InChI=1S/C11H14N2.ClH/c1-8(2)13-7-6-9-10(12)4-3-5-11(9)13;/h3-8H,12H2,1-2H3;1H. The number of aromatic nitrogens is 1. The minimum absolute atomic E-state index is 0. The summed E-state index contributed by atoms with van der Waals surface area (Å²) in [5, 5.41) is 1.15. The highest BCUT2D eigenvalue weighted by Gasteiger charge is 2.04. The first kappa shape index (κ1) is 10.9. The molecule has 2 aromatic rings. The fraction of sp³-hybridized carbons (Fsp3) is 0.273. The Morgan fingerprint density at radius 3 is 2.57 bits per heavy atom. The van der Waals surface area contributed by atoms with Crippen molar-refractivity contribution in [1.82, 2.24) is 4.57 Å². The van der Waals surface area contributed by atoms with Gasteiger partial charge in [0, 0.05) is 23.3 Å². The summed E-state index contributed by atoms with van der Waals surface area (Å²) in [6.07, 6.45) is 2.09. The smallest absolute Gasteiger partial charge is 0.0503 e. The maximum Gasteiger partial charge on any atom is 0.0503 e. The van der Waals surface area contributed by atoms with Crippen molar-refractivity contribution >= 4 is 29.0 Å². The van der Waals surface area contributed by atoms with Crippen molar-refractivity contribution in [2.75, 3.05) is 5.73 Å². The molecule has 2 N–H and O–H groups in total. The first-order chi connectivity index (χ1) is 6.20. The number of halogens is 1. The quantitative estimate of drug-likeness (QED) is 0.720. The van der Waals surface area contributed by atoms with Crippen LogP contribution in [0.2, 0.25) is 0 Å². The average Bonchev–Trinajstić information content (AvgIpc) is 2.48. The highest BCUT2D eigenvalue weighted by atomic mass is 35.5. The van der Waals surface area contributed by atoms with Gasteiger partial charge in [-0.15, -0.1) is 12.4 Å². The Morgan fingerprint density at radius 1 is 1.21 bits per heavy atom. The van der Waals surface area contributed by atoms with Crippen LogP contribution in [0.25, 0.3) is 10.9 Å². The van der Waals surface area contributed by atoms with E-state index in [0.717, 1.165) is 11.1 Å². The topological polar surface area (TPSA) is 30.9 Å². The molecule has 1 aromatic carbocycles. The van der Waals surface area contributed by atoms with Crippen LogP contribution in [0.3, 0.4) is 0 Å². The number of nitrogens with zero attached hydrogens (tertiary/aromatic N) is 1. The molecule has 0 spiro atoms. The van der Waals surface area contributed by atoms with E-state index in [4.69, 9.17) is 5.73 Å². The maximum atomic E-state index is 5.86. The summed E-state index contributed by atoms with van der Waals surface area (Å²) >= 11 is 0. The van der Waals surface area contributed by atoms with Crippen LogP contribution in [0, 0.1) is 0 Å². The Labute approximate surface area is 90.1 Å². The van der Waals surface area contributed by atoms with Gasteiger partial charge in [0.25, 0.3) is 0 Å². The Bertz CT molecular complexity index is 432. The van der Waals surface area contributed by atoms with E-state index < -0.39 is 0 Å². The molecule has 0 atom stereocenters. The number of rotatable bonds is 1. The average molecular weight is 211 g/mol. The summed E-state index contributed by atoms with van der Waals surface area (Å²) in [7, 11) is 0. The zero-order chi connectivity index (χ0) is 9.42. The Morgan fingerprint density at radius 2 is 1.93 bits per heavy atom. The highest BCUT2D eigenvalue weighted by Crippen LogP contribution is 2.24. The molecule has 76 valence electrons. The van der Waals surface area contributed by atoms with Crippen molar-refractivity contribution in [3.8, 4) is 0 Å². The van der Waals surface area contributed by atoms with Gasteiger partial charge in [0.15, 0.2) is 0 Å². The lowest BCUT2D eigenvalue weighted by Gasteiger charge is -2.09. The van der Waals surface area contributed by atoms with Crippen LogP contribution in [0.5, 0.6) is 0 Å².